The highest BCUT2D eigenvalue weighted by Gasteiger charge is 1.98. The number of hydrogen-bond donors (Lipinski definition) is 0. The quantitative estimate of drug-likeness (QED) is 0.167. The average Bonchev–Trinajstić information content (AvgIpc) is 2.83. The van der Waals surface area contributed by atoms with Crippen molar-refractivity contribution in [3.63, 3.8) is 0 Å². The highest BCUT2D eigenvalue weighted by atomic mass is 35.5. The summed E-state index contributed by atoms with van der Waals surface area (Å²) in [6.45, 7) is 0.142. The predicted molar refractivity (Wildman–Crippen MR) is 144 cm³/mol. The average molecular weight is 556 g/mol. The summed E-state index contributed by atoms with van der Waals surface area (Å²) in [4.78, 5) is 2.37. The minimum atomic E-state index is 0.142. The van der Waals surface area contributed by atoms with Gasteiger partial charge in [-0.3, -0.25) is 0 Å². The van der Waals surface area contributed by atoms with E-state index in [2.05, 4.69) is 0 Å². The fourth-order valence-corrected chi connectivity index (χ4v) is 4.74. The van der Waals surface area contributed by atoms with Crippen molar-refractivity contribution in [1.82, 2.24) is 0 Å². The van der Waals surface area contributed by atoms with E-state index in [1.54, 1.807) is 70.1 Å². The van der Waals surface area contributed by atoms with E-state index in [4.69, 9.17) is 55.9 Å². The third-order valence-corrected chi connectivity index (χ3v) is 7.37. The van der Waals surface area contributed by atoms with Crippen LogP contribution in [0.3, 0.4) is 0 Å². The largest absolute Gasteiger partial charge is 0.458 e. The van der Waals surface area contributed by atoms with E-state index in [-0.39, 0.29) is 6.79 Å². The Morgan fingerprint density at radius 2 is 0.697 bits per heavy atom. The van der Waals surface area contributed by atoms with Crippen LogP contribution < -0.4 is 9.47 Å². The summed E-state index contributed by atoms with van der Waals surface area (Å²) in [6, 6.07) is 29.8. The normalized spacial score (nSPS) is 10.2. The lowest BCUT2D eigenvalue weighted by atomic mass is 10.3. The van der Waals surface area contributed by atoms with Gasteiger partial charge in [-0.25, -0.2) is 0 Å². The summed E-state index contributed by atoms with van der Waals surface area (Å²) in [7, 11) is 3.41. The van der Waals surface area contributed by atoms with Crippen LogP contribution in [0.5, 0.6) is 11.5 Å². The van der Waals surface area contributed by atoms with E-state index < -0.39 is 0 Å². The molecule has 0 aliphatic rings. The van der Waals surface area contributed by atoms with E-state index in [0.29, 0.717) is 21.5 Å². The molecule has 0 amide bonds. The van der Waals surface area contributed by atoms with E-state index in [1.165, 1.54) is 9.79 Å². The van der Waals surface area contributed by atoms with Crippen LogP contribution in [-0.4, -0.2) is 6.79 Å². The van der Waals surface area contributed by atoms with Crippen LogP contribution in [0.15, 0.2) is 107 Å². The number of ether oxygens (including phenoxy) is 2. The summed E-state index contributed by atoms with van der Waals surface area (Å²) in [6.07, 6.45) is 0. The summed E-state index contributed by atoms with van der Waals surface area (Å²) >= 11 is 23.1. The second-order valence-corrected chi connectivity index (χ2v) is 10.4. The Morgan fingerprint density at radius 3 is 1.00 bits per heavy atom. The molecular formula is C25H18Cl4O2S2. The minimum Gasteiger partial charge on any atom is -0.458 e. The van der Waals surface area contributed by atoms with Gasteiger partial charge >= 0.3 is 0 Å². The van der Waals surface area contributed by atoms with Crippen LogP contribution in [0, 0.1) is 0 Å². The van der Waals surface area contributed by atoms with Gasteiger partial charge in [0.2, 0.25) is 6.79 Å². The minimum absolute atomic E-state index is 0.142. The van der Waals surface area contributed by atoms with Gasteiger partial charge in [-0.1, -0.05) is 68.0 Å². The number of halogens is 4. The molecule has 0 aromatic heterocycles. The van der Waals surface area contributed by atoms with Crippen molar-refractivity contribution in [3.8, 4) is 11.5 Å². The fraction of sp³-hybridized carbons (Fsp3) is 0.0400. The van der Waals surface area contributed by atoms with Crippen molar-refractivity contribution in [2.75, 3.05) is 6.79 Å². The highest BCUT2D eigenvalue weighted by Crippen LogP contribution is 2.37. The van der Waals surface area contributed by atoms with E-state index in [0.717, 1.165) is 10.0 Å². The lowest BCUT2D eigenvalue weighted by molar-refractivity contribution is 0.120. The third-order valence-electron chi connectivity index (χ3n) is 3.94. The summed E-state index contributed by atoms with van der Waals surface area (Å²) < 4.78 is 10.8. The van der Waals surface area contributed by atoms with Gasteiger partial charge in [-0.15, -0.1) is 0 Å². The Bertz CT molecular complexity index is 1010. The molecule has 0 heterocycles. The zero-order valence-corrected chi connectivity index (χ0v) is 21.7. The molecule has 0 bridgehead atoms. The third kappa shape index (κ3) is 10.0. The maximum absolute atomic E-state index is 5.82. The van der Waals surface area contributed by atoms with Crippen molar-refractivity contribution in [2.24, 2.45) is 0 Å². The molecular weight excluding hydrogens is 538 g/mol. The monoisotopic (exact) mass is 554 g/mol. The summed E-state index contributed by atoms with van der Waals surface area (Å²) in [5, 5.41) is 2.88. The first-order chi connectivity index (χ1) is 16.0. The molecule has 0 N–H and O–H groups in total. The van der Waals surface area contributed by atoms with E-state index in [1.807, 2.05) is 48.5 Å². The fourth-order valence-electron chi connectivity index (χ4n) is 2.30. The molecule has 0 radical (unpaired) electrons. The lowest BCUT2D eigenvalue weighted by Crippen LogP contribution is -2.05. The van der Waals surface area contributed by atoms with Gasteiger partial charge in [0.25, 0.3) is 0 Å². The van der Waals surface area contributed by atoms with Gasteiger partial charge in [0.05, 0.1) is 0 Å². The predicted octanol–water partition coefficient (Wildman–Crippen LogP) is 10.2. The maximum atomic E-state index is 5.82. The first-order valence-electron chi connectivity index (χ1n) is 9.60. The van der Waals surface area contributed by atoms with Crippen LogP contribution in [0.25, 0.3) is 0 Å². The molecule has 4 aromatic rings. The molecule has 0 aliphatic heterocycles. The Kier molecular flexibility index (Phi) is 10.9. The Labute approximate surface area is 221 Å². The Balaban J connectivity index is 0.000000186. The Morgan fingerprint density at radius 1 is 0.424 bits per heavy atom. The molecule has 170 valence electrons. The molecule has 4 aromatic carbocycles. The second-order valence-electron chi connectivity index (χ2n) is 6.39. The van der Waals surface area contributed by atoms with Crippen LogP contribution in [0.1, 0.15) is 0 Å². The first kappa shape index (κ1) is 26.0. The second kappa shape index (κ2) is 13.9. The molecule has 0 fully saturated rings. The van der Waals surface area contributed by atoms with Crippen molar-refractivity contribution >= 4 is 68.0 Å². The van der Waals surface area contributed by atoms with Crippen molar-refractivity contribution in [1.29, 1.82) is 0 Å². The molecule has 0 spiro atoms. The molecule has 0 saturated heterocycles. The molecule has 8 heteroatoms. The van der Waals surface area contributed by atoms with Crippen molar-refractivity contribution < 1.29 is 9.47 Å². The molecule has 0 unspecified atom stereocenters. The Hall–Kier alpha value is -1.66. The van der Waals surface area contributed by atoms with Crippen LogP contribution >= 0.6 is 68.0 Å². The summed E-state index contributed by atoms with van der Waals surface area (Å²) in [5.74, 6) is 1.42. The first-order valence-corrected chi connectivity index (χ1v) is 13.3. The van der Waals surface area contributed by atoms with Crippen LogP contribution in [0.2, 0.25) is 20.1 Å². The zero-order chi connectivity index (χ0) is 23.5. The van der Waals surface area contributed by atoms with Gasteiger partial charge in [0.1, 0.15) is 11.5 Å². The molecule has 0 saturated carbocycles. The standard InChI is InChI=1S/C13H10Cl2O2.C12H8Cl2S2/c14-10-1-5-12(6-2-10)16-9-17-13-7-3-11(15)4-8-13;13-9-1-5-11(6-2-9)15-16-12-7-3-10(14)4-8-12/h1-8H,9H2;1-8H. The maximum Gasteiger partial charge on any atom is 0.230 e. The van der Waals surface area contributed by atoms with Gasteiger partial charge in [-0.2, -0.15) is 0 Å². The number of rotatable bonds is 7. The zero-order valence-electron chi connectivity index (χ0n) is 17.1. The number of benzene rings is 4. The SMILES string of the molecule is Clc1ccc(OCOc2ccc(Cl)cc2)cc1.Clc1ccc(SSc2ccc(Cl)cc2)cc1. The van der Waals surface area contributed by atoms with E-state index in [9.17, 15) is 0 Å². The molecule has 0 aliphatic carbocycles. The molecule has 2 nitrogen and oxygen atoms in total. The van der Waals surface area contributed by atoms with E-state index >= 15 is 0 Å². The van der Waals surface area contributed by atoms with Crippen LogP contribution in [0.4, 0.5) is 0 Å². The smallest absolute Gasteiger partial charge is 0.230 e. The van der Waals surface area contributed by atoms with Gasteiger partial charge in [0, 0.05) is 29.9 Å². The summed E-state index contributed by atoms with van der Waals surface area (Å²) in [5.41, 5.74) is 0. The molecule has 0 atom stereocenters. The van der Waals surface area contributed by atoms with Crippen LogP contribution in [-0.2, 0) is 0 Å². The highest BCUT2D eigenvalue weighted by molar-refractivity contribution is 8.76. The molecule has 33 heavy (non-hydrogen) atoms. The molecule has 4 rings (SSSR count). The number of hydrogen-bond acceptors (Lipinski definition) is 4. The lowest BCUT2D eigenvalue weighted by Gasteiger charge is -2.08. The van der Waals surface area contributed by atoms with Gasteiger partial charge in [0.15, 0.2) is 0 Å². The topological polar surface area (TPSA) is 18.5 Å². The van der Waals surface area contributed by atoms with Gasteiger partial charge in [-0.05, 0) is 97.1 Å². The van der Waals surface area contributed by atoms with Crippen molar-refractivity contribution in [3.05, 3.63) is 117 Å². The van der Waals surface area contributed by atoms with Gasteiger partial charge < -0.3 is 9.47 Å². The van der Waals surface area contributed by atoms with Crippen molar-refractivity contribution in [2.45, 2.75) is 9.79 Å².